The number of carbonyl (C=O) groups excluding carboxylic acids is 1. The van der Waals surface area contributed by atoms with Gasteiger partial charge in [0, 0.05) is 37.7 Å². The van der Waals surface area contributed by atoms with Crippen molar-refractivity contribution in [3.05, 3.63) is 47.4 Å². The molecule has 2 aromatic rings. The largest absolute Gasteiger partial charge is 0.474 e. The lowest BCUT2D eigenvalue weighted by atomic mass is 10.1. The molecule has 0 saturated carbocycles. The van der Waals surface area contributed by atoms with Gasteiger partial charge in [0.1, 0.15) is 11.9 Å². The van der Waals surface area contributed by atoms with Crippen LogP contribution in [0.4, 0.5) is 0 Å². The number of piperidine rings is 1. The van der Waals surface area contributed by atoms with Crippen molar-refractivity contribution < 1.29 is 17.9 Å². The number of benzene rings is 1. The summed E-state index contributed by atoms with van der Waals surface area (Å²) in [5.41, 5.74) is 1.69. The van der Waals surface area contributed by atoms with Crippen LogP contribution in [0.2, 0.25) is 0 Å². The first-order chi connectivity index (χ1) is 14.1. The third kappa shape index (κ3) is 5.36. The Balaban J connectivity index is 1.53. The first-order valence-electron chi connectivity index (χ1n) is 10.2. The molecule has 2 heterocycles. The van der Waals surface area contributed by atoms with Crippen molar-refractivity contribution in [2.24, 2.45) is 0 Å². The molecule has 0 N–H and O–H groups in total. The van der Waals surface area contributed by atoms with Gasteiger partial charge < -0.3 is 9.64 Å². The standard InChI is InChI=1S/C22H29N3O4S/c1-15(2)30(27,28)20-7-5-18(6-8-20)14-22(26)25-11-9-19(10-12-25)29-21-13-16(3)23-17(4)24-21/h5-8,13,15,19H,9-12,14H2,1-4H3. The van der Waals surface area contributed by atoms with Crippen molar-refractivity contribution >= 4 is 15.7 Å². The Morgan fingerprint density at radius 2 is 1.77 bits per heavy atom. The fourth-order valence-electron chi connectivity index (χ4n) is 3.49. The van der Waals surface area contributed by atoms with Crippen LogP contribution < -0.4 is 4.74 Å². The van der Waals surface area contributed by atoms with E-state index in [1.165, 1.54) is 0 Å². The van der Waals surface area contributed by atoms with E-state index < -0.39 is 15.1 Å². The van der Waals surface area contributed by atoms with Crippen LogP contribution in [0.5, 0.6) is 5.88 Å². The molecule has 0 unspecified atom stereocenters. The minimum atomic E-state index is -3.30. The summed E-state index contributed by atoms with van der Waals surface area (Å²) in [6.07, 6.45) is 1.79. The van der Waals surface area contributed by atoms with Crippen LogP contribution in [0.1, 0.15) is 43.8 Å². The highest BCUT2D eigenvalue weighted by Crippen LogP contribution is 2.20. The predicted molar refractivity (Wildman–Crippen MR) is 114 cm³/mol. The first kappa shape index (κ1) is 22.2. The van der Waals surface area contributed by atoms with E-state index in [2.05, 4.69) is 9.97 Å². The van der Waals surface area contributed by atoms with Gasteiger partial charge in [-0.25, -0.2) is 13.4 Å². The summed E-state index contributed by atoms with van der Waals surface area (Å²) in [6, 6.07) is 8.45. The van der Waals surface area contributed by atoms with Crippen molar-refractivity contribution in [3.63, 3.8) is 0 Å². The van der Waals surface area contributed by atoms with Crippen LogP contribution in [-0.2, 0) is 21.1 Å². The van der Waals surface area contributed by atoms with E-state index in [-0.39, 0.29) is 18.4 Å². The number of amides is 1. The van der Waals surface area contributed by atoms with Gasteiger partial charge >= 0.3 is 0 Å². The van der Waals surface area contributed by atoms with Crippen molar-refractivity contribution in [1.82, 2.24) is 14.9 Å². The Kier molecular flexibility index (Phi) is 6.75. The van der Waals surface area contributed by atoms with Gasteiger partial charge in [0.2, 0.25) is 11.8 Å². The Hall–Kier alpha value is -2.48. The van der Waals surface area contributed by atoms with Crippen LogP contribution in [0.25, 0.3) is 0 Å². The third-order valence-corrected chi connectivity index (χ3v) is 7.42. The summed E-state index contributed by atoms with van der Waals surface area (Å²) in [4.78, 5) is 23.4. The van der Waals surface area contributed by atoms with Gasteiger partial charge in [-0.05, 0) is 45.4 Å². The zero-order valence-electron chi connectivity index (χ0n) is 18.0. The molecule has 1 amide bonds. The van der Waals surface area contributed by atoms with Gasteiger partial charge in [-0.1, -0.05) is 12.1 Å². The minimum absolute atomic E-state index is 0.0308. The maximum absolute atomic E-state index is 12.7. The van der Waals surface area contributed by atoms with E-state index in [0.717, 1.165) is 24.1 Å². The summed E-state index contributed by atoms with van der Waals surface area (Å²) in [6.45, 7) is 8.33. The van der Waals surface area contributed by atoms with E-state index in [9.17, 15) is 13.2 Å². The molecular formula is C22H29N3O4S. The Morgan fingerprint density at radius 3 is 2.33 bits per heavy atom. The van der Waals surface area contributed by atoms with Crippen LogP contribution in [-0.4, -0.2) is 53.6 Å². The summed E-state index contributed by atoms with van der Waals surface area (Å²) in [5, 5.41) is -0.469. The number of hydrogen-bond acceptors (Lipinski definition) is 6. The zero-order chi connectivity index (χ0) is 21.9. The average molecular weight is 432 g/mol. The Labute approximate surface area is 178 Å². The lowest BCUT2D eigenvalue weighted by Crippen LogP contribution is -2.42. The highest BCUT2D eigenvalue weighted by Gasteiger charge is 2.25. The normalized spacial score (nSPS) is 15.4. The molecule has 1 aromatic heterocycles. The number of sulfone groups is 1. The SMILES string of the molecule is Cc1cc(OC2CCN(C(=O)Cc3ccc(S(=O)(=O)C(C)C)cc3)CC2)nc(C)n1. The lowest BCUT2D eigenvalue weighted by molar-refractivity contribution is -0.132. The second kappa shape index (κ2) is 9.12. The smallest absolute Gasteiger partial charge is 0.226 e. The number of aryl methyl sites for hydroxylation is 2. The molecule has 30 heavy (non-hydrogen) atoms. The van der Waals surface area contributed by atoms with Crippen LogP contribution in [0.15, 0.2) is 35.2 Å². The van der Waals surface area contributed by atoms with Gasteiger partial charge in [0.15, 0.2) is 9.84 Å². The molecule has 1 saturated heterocycles. The monoisotopic (exact) mass is 431 g/mol. The summed E-state index contributed by atoms with van der Waals surface area (Å²) < 4.78 is 30.4. The van der Waals surface area contributed by atoms with Crippen molar-refractivity contribution in [3.8, 4) is 5.88 Å². The van der Waals surface area contributed by atoms with Crippen LogP contribution in [0, 0.1) is 13.8 Å². The maximum atomic E-state index is 12.7. The molecule has 3 rings (SSSR count). The predicted octanol–water partition coefficient (Wildman–Crippen LogP) is 2.89. The van der Waals surface area contributed by atoms with Gasteiger partial charge in [-0.15, -0.1) is 0 Å². The number of rotatable bonds is 6. The minimum Gasteiger partial charge on any atom is -0.474 e. The quantitative estimate of drug-likeness (QED) is 0.699. The van der Waals surface area contributed by atoms with Gasteiger partial charge in [0.05, 0.1) is 16.6 Å². The fourth-order valence-corrected chi connectivity index (χ4v) is 4.55. The molecular weight excluding hydrogens is 402 g/mol. The topological polar surface area (TPSA) is 89.5 Å². The molecule has 8 heteroatoms. The van der Waals surface area contributed by atoms with Crippen LogP contribution >= 0.6 is 0 Å². The van der Waals surface area contributed by atoms with E-state index in [0.29, 0.717) is 29.7 Å². The molecule has 7 nitrogen and oxygen atoms in total. The molecule has 1 aliphatic rings. The van der Waals surface area contributed by atoms with E-state index in [1.54, 1.807) is 38.1 Å². The van der Waals surface area contributed by atoms with Gasteiger partial charge in [0.25, 0.3) is 0 Å². The lowest BCUT2D eigenvalue weighted by Gasteiger charge is -2.32. The van der Waals surface area contributed by atoms with Crippen molar-refractivity contribution in [1.29, 1.82) is 0 Å². The number of aromatic nitrogens is 2. The first-order valence-corrected chi connectivity index (χ1v) is 11.8. The number of hydrogen-bond donors (Lipinski definition) is 0. The number of carbonyl (C=O) groups is 1. The summed E-state index contributed by atoms with van der Waals surface area (Å²) >= 11 is 0. The van der Waals surface area contributed by atoms with Crippen LogP contribution in [0.3, 0.4) is 0 Å². The zero-order valence-corrected chi connectivity index (χ0v) is 18.8. The number of ether oxygens (including phenoxy) is 1. The van der Waals surface area contributed by atoms with E-state index >= 15 is 0 Å². The summed E-state index contributed by atoms with van der Waals surface area (Å²) in [7, 11) is -3.30. The average Bonchev–Trinajstić information content (AvgIpc) is 2.68. The second-order valence-corrected chi connectivity index (χ2v) is 10.5. The molecule has 0 spiro atoms. The van der Waals surface area contributed by atoms with Gasteiger partial charge in [-0.3, -0.25) is 4.79 Å². The molecule has 0 bridgehead atoms. The number of nitrogens with zero attached hydrogens (tertiary/aromatic N) is 3. The molecule has 1 aromatic carbocycles. The van der Waals surface area contributed by atoms with E-state index in [1.807, 2.05) is 24.8 Å². The highest BCUT2D eigenvalue weighted by atomic mass is 32.2. The summed E-state index contributed by atoms with van der Waals surface area (Å²) in [5.74, 6) is 1.31. The molecule has 0 aliphatic carbocycles. The Morgan fingerprint density at radius 1 is 1.13 bits per heavy atom. The maximum Gasteiger partial charge on any atom is 0.226 e. The Bertz CT molecular complexity index is 975. The fraction of sp³-hybridized carbons (Fsp3) is 0.500. The van der Waals surface area contributed by atoms with Crippen molar-refractivity contribution in [2.45, 2.75) is 63.2 Å². The molecule has 0 radical (unpaired) electrons. The van der Waals surface area contributed by atoms with E-state index in [4.69, 9.17) is 4.74 Å². The third-order valence-electron chi connectivity index (χ3n) is 5.25. The van der Waals surface area contributed by atoms with Gasteiger partial charge in [-0.2, -0.15) is 4.98 Å². The molecule has 162 valence electrons. The molecule has 1 aliphatic heterocycles. The molecule has 1 fully saturated rings. The van der Waals surface area contributed by atoms with Crippen molar-refractivity contribution in [2.75, 3.05) is 13.1 Å². The number of likely N-dealkylation sites (tertiary alicyclic amines) is 1. The highest BCUT2D eigenvalue weighted by molar-refractivity contribution is 7.92. The molecule has 0 atom stereocenters. The second-order valence-electron chi connectivity index (χ2n) is 8.01.